The second-order valence-electron chi connectivity index (χ2n) is 6.77. The third-order valence-electron chi connectivity index (χ3n) is 4.96. The van der Waals surface area contributed by atoms with Gasteiger partial charge in [0.05, 0.1) is 10.4 Å². The number of hydrogen-bond donors (Lipinski definition) is 0. The molecular formula is C21H24N2O3. The highest BCUT2D eigenvalue weighted by Crippen LogP contribution is 2.32. The van der Waals surface area contributed by atoms with E-state index in [0.717, 1.165) is 47.5 Å². The number of nitro groups is 1. The number of unbranched alkanes of at least 4 members (excludes halogenated alkanes) is 5. The maximum atomic E-state index is 11.2. The highest BCUT2D eigenvalue weighted by atomic mass is 16.6. The Morgan fingerprint density at radius 1 is 0.962 bits per heavy atom. The van der Waals surface area contributed by atoms with E-state index in [2.05, 4.69) is 11.5 Å². The number of rotatable bonds is 9. The van der Waals surface area contributed by atoms with Crippen molar-refractivity contribution in [1.82, 2.24) is 4.57 Å². The van der Waals surface area contributed by atoms with Crippen LogP contribution in [0.3, 0.4) is 0 Å². The molecule has 1 aromatic heterocycles. The Morgan fingerprint density at radius 3 is 2.31 bits per heavy atom. The first-order chi connectivity index (χ1) is 12.7. The van der Waals surface area contributed by atoms with Crippen molar-refractivity contribution in [2.24, 2.45) is 0 Å². The predicted molar refractivity (Wildman–Crippen MR) is 105 cm³/mol. The molecule has 0 amide bonds. The topological polar surface area (TPSA) is 65.1 Å². The van der Waals surface area contributed by atoms with Gasteiger partial charge in [-0.15, -0.1) is 0 Å². The van der Waals surface area contributed by atoms with Gasteiger partial charge >= 0.3 is 0 Å². The van der Waals surface area contributed by atoms with Crippen molar-refractivity contribution in [2.45, 2.75) is 52.0 Å². The number of non-ortho nitro benzene ring substituents is 1. The Morgan fingerprint density at radius 2 is 1.62 bits per heavy atom. The van der Waals surface area contributed by atoms with Crippen LogP contribution in [-0.2, 0) is 6.54 Å². The molecule has 3 rings (SSSR count). The standard InChI is InChI=1S/C21H24N2O3/c1-2-3-4-5-6-7-12-22-20-13-16(15-24)8-10-18(20)19-11-9-17(23(25)26)14-21(19)22/h8-11,13-15H,2-7,12H2,1H3. The van der Waals surface area contributed by atoms with Crippen LogP contribution in [0.5, 0.6) is 0 Å². The molecule has 0 fully saturated rings. The molecule has 0 aliphatic heterocycles. The zero-order valence-corrected chi connectivity index (χ0v) is 15.1. The van der Waals surface area contributed by atoms with Crippen molar-refractivity contribution in [3.63, 3.8) is 0 Å². The summed E-state index contributed by atoms with van der Waals surface area (Å²) in [5, 5.41) is 13.2. The van der Waals surface area contributed by atoms with Crippen LogP contribution in [0.2, 0.25) is 0 Å². The molecule has 5 heteroatoms. The Balaban J connectivity index is 1.99. The van der Waals surface area contributed by atoms with Crippen molar-refractivity contribution >= 4 is 33.8 Å². The van der Waals surface area contributed by atoms with E-state index in [9.17, 15) is 14.9 Å². The summed E-state index contributed by atoms with van der Waals surface area (Å²) in [6.07, 6.45) is 7.97. The molecule has 0 saturated heterocycles. The quantitative estimate of drug-likeness (QED) is 0.209. The molecule has 2 aromatic carbocycles. The fraction of sp³-hybridized carbons (Fsp3) is 0.381. The summed E-state index contributed by atoms with van der Waals surface area (Å²) in [6, 6.07) is 10.6. The molecule has 1 heterocycles. The molecule has 0 N–H and O–H groups in total. The lowest BCUT2D eigenvalue weighted by molar-refractivity contribution is -0.384. The lowest BCUT2D eigenvalue weighted by atomic mass is 10.1. The number of nitrogens with zero attached hydrogens (tertiary/aromatic N) is 2. The molecule has 0 spiro atoms. The number of fused-ring (bicyclic) bond motifs is 3. The summed E-state index contributed by atoms with van der Waals surface area (Å²) < 4.78 is 2.13. The zero-order chi connectivity index (χ0) is 18.5. The number of nitro benzene ring substituents is 1. The minimum atomic E-state index is -0.358. The Bertz CT molecular complexity index is 943. The van der Waals surface area contributed by atoms with Crippen LogP contribution >= 0.6 is 0 Å². The average Bonchev–Trinajstić information content (AvgIpc) is 2.96. The first-order valence-corrected chi connectivity index (χ1v) is 9.31. The van der Waals surface area contributed by atoms with Crippen LogP contribution in [0.25, 0.3) is 21.8 Å². The van der Waals surface area contributed by atoms with Gasteiger partial charge in [-0.25, -0.2) is 0 Å². The van der Waals surface area contributed by atoms with E-state index in [4.69, 9.17) is 0 Å². The van der Waals surface area contributed by atoms with Gasteiger partial charge in [0.1, 0.15) is 6.29 Å². The van der Waals surface area contributed by atoms with Gasteiger partial charge in [-0.2, -0.15) is 0 Å². The van der Waals surface area contributed by atoms with Gasteiger partial charge in [0.2, 0.25) is 0 Å². The summed E-state index contributed by atoms with van der Waals surface area (Å²) in [5.41, 5.74) is 2.56. The van der Waals surface area contributed by atoms with E-state index < -0.39 is 0 Å². The fourth-order valence-electron chi connectivity index (χ4n) is 3.58. The van der Waals surface area contributed by atoms with Crippen LogP contribution < -0.4 is 0 Å². The molecule has 26 heavy (non-hydrogen) atoms. The van der Waals surface area contributed by atoms with Crippen molar-refractivity contribution in [2.75, 3.05) is 0 Å². The minimum absolute atomic E-state index is 0.0973. The van der Waals surface area contributed by atoms with E-state index in [1.807, 2.05) is 18.2 Å². The summed E-state index contributed by atoms with van der Waals surface area (Å²) in [4.78, 5) is 22.0. The normalized spacial score (nSPS) is 11.3. The summed E-state index contributed by atoms with van der Waals surface area (Å²) in [5.74, 6) is 0. The van der Waals surface area contributed by atoms with Gasteiger partial charge in [-0.1, -0.05) is 51.2 Å². The Kier molecular flexibility index (Phi) is 5.66. The first-order valence-electron chi connectivity index (χ1n) is 9.31. The molecule has 0 aliphatic carbocycles. The Labute approximate surface area is 152 Å². The number of carbonyl (C=O) groups is 1. The van der Waals surface area contributed by atoms with Gasteiger partial charge < -0.3 is 4.57 Å². The highest BCUT2D eigenvalue weighted by molar-refractivity contribution is 6.09. The van der Waals surface area contributed by atoms with Crippen molar-refractivity contribution in [1.29, 1.82) is 0 Å². The number of aldehydes is 1. The summed E-state index contributed by atoms with van der Waals surface area (Å²) in [6.45, 7) is 3.01. The van der Waals surface area contributed by atoms with E-state index in [0.29, 0.717) is 5.56 Å². The molecule has 5 nitrogen and oxygen atoms in total. The SMILES string of the molecule is CCCCCCCCn1c2cc(C=O)ccc2c2ccc([N+](=O)[O-])cc21. The number of carbonyl (C=O) groups excluding carboxylic acids is 1. The molecule has 3 aromatic rings. The number of aryl methyl sites for hydroxylation is 1. The van der Waals surface area contributed by atoms with Crippen molar-refractivity contribution in [3.05, 3.63) is 52.1 Å². The van der Waals surface area contributed by atoms with Gasteiger partial charge in [-0.05, 0) is 18.6 Å². The van der Waals surface area contributed by atoms with E-state index in [-0.39, 0.29) is 10.6 Å². The molecule has 0 bridgehead atoms. The molecular weight excluding hydrogens is 328 g/mol. The minimum Gasteiger partial charge on any atom is -0.340 e. The maximum Gasteiger partial charge on any atom is 0.271 e. The predicted octanol–water partition coefficient (Wildman–Crippen LogP) is 5.88. The summed E-state index contributed by atoms with van der Waals surface area (Å²) >= 11 is 0. The van der Waals surface area contributed by atoms with E-state index in [1.54, 1.807) is 18.2 Å². The van der Waals surface area contributed by atoms with Crippen molar-refractivity contribution < 1.29 is 9.72 Å². The van der Waals surface area contributed by atoms with E-state index in [1.165, 1.54) is 25.7 Å². The van der Waals surface area contributed by atoms with Gasteiger partial charge in [-0.3, -0.25) is 14.9 Å². The third-order valence-corrected chi connectivity index (χ3v) is 4.96. The first kappa shape index (κ1) is 18.1. The Hall–Kier alpha value is -2.69. The third kappa shape index (κ3) is 3.62. The van der Waals surface area contributed by atoms with Crippen LogP contribution in [0, 0.1) is 10.1 Å². The van der Waals surface area contributed by atoms with Gasteiger partial charge in [0.15, 0.2) is 0 Å². The lowest BCUT2D eigenvalue weighted by Gasteiger charge is -2.08. The molecule has 136 valence electrons. The van der Waals surface area contributed by atoms with Crippen LogP contribution in [0.4, 0.5) is 5.69 Å². The zero-order valence-electron chi connectivity index (χ0n) is 15.1. The maximum absolute atomic E-state index is 11.2. The largest absolute Gasteiger partial charge is 0.340 e. The van der Waals surface area contributed by atoms with Crippen LogP contribution in [0.1, 0.15) is 55.8 Å². The van der Waals surface area contributed by atoms with Gasteiger partial charge in [0, 0.05) is 40.5 Å². The summed E-state index contributed by atoms with van der Waals surface area (Å²) in [7, 11) is 0. The van der Waals surface area contributed by atoms with Crippen LogP contribution in [0.15, 0.2) is 36.4 Å². The number of hydrogen-bond acceptors (Lipinski definition) is 3. The fourth-order valence-corrected chi connectivity index (χ4v) is 3.58. The smallest absolute Gasteiger partial charge is 0.271 e. The van der Waals surface area contributed by atoms with E-state index >= 15 is 0 Å². The number of benzene rings is 2. The molecule has 0 aliphatic rings. The van der Waals surface area contributed by atoms with Crippen molar-refractivity contribution in [3.8, 4) is 0 Å². The number of aromatic nitrogens is 1. The second-order valence-corrected chi connectivity index (χ2v) is 6.77. The molecule has 0 atom stereocenters. The monoisotopic (exact) mass is 352 g/mol. The lowest BCUT2D eigenvalue weighted by Crippen LogP contribution is -1.99. The van der Waals surface area contributed by atoms with Gasteiger partial charge in [0.25, 0.3) is 5.69 Å². The molecule has 0 radical (unpaired) electrons. The average molecular weight is 352 g/mol. The second kappa shape index (κ2) is 8.13. The molecule has 0 unspecified atom stereocenters. The molecule has 0 saturated carbocycles. The van der Waals surface area contributed by atoms with Crippen LogP contribution in [-0.4, -0.2) is 15.8 Å². The highest BCUT2D eigenvalue weighted by Gasteiger charge is 2.15.